The Morgan fingerprint density at radius 2 is 0.842 bits per heavy atom. The minimum atomic E-state index is -5.05. The highest BCUT2D eigenvalue weighted by Gasteiger charge is 2.33. The quantitative estimate of drug-likeness (QED) is 0.0519. The lowest BCUT2D eigenvalue weighted by Crippen LogP contribution is -2.41. The number of hydrogen-bond acceptors (Lipinski definition) is 18. The van der Waals surface area contributed by atoms with Gasteiger partial charge in [-0.25, -0.2) is 16.8 Å². The lowest BCUT2D eigenvalue weighted by molar-refractivity contribution is 0.0730. The number of morpholine rings is 2. The van der Waals surface area contributed by atoms with Crippen LogP contribution in [-0.4, -0.2) is 197 Å². The van der Waals surface area contributed by atoms with E-state index < -0.39 is 61.9 Å². The van der Waals surface area contributed by atoms with Gasteiger partial charge in [-0.1, -0.05) is 24.3 Å². The molecule has 24 nitrogen and oxygen atoms in total. The number of anilines is 4. The number of ether oxygens (including phenoxy) is 6. The fourth-order valence-corrected chi connectivity index (χ4v) is 12.9. The number of benzene rings is 4. The largest absolute Gasteiger partial charge is 0.383 e. The summed E-state index contributed by atoms with van der Waals surface area (Å²) in [5.74, 6) is -1.67. The Hall–Kier alpha value is -5.44. The molecular weight excluding hydrogens is 1080 g/mol. The van der Waals surface area contributed by atoms with Gasteiger partial charge in [-0.2, -0.15) is 25.4 Å². The van der Waals surface area contributed by atoms with Crippen LogP contribution in [0.3, 0.4) is 0 Å². The maximum Gasteiger partial charge on any atom is 0.295 e. The van der Waals surface area contributed by atoms with Gasteiger partial charge in [-0.05, 0) is 71.8 Å². The lowest BCUT2D eigenvalue weighted by Gasteiger charge is -2.30. The van der Waals surface area contributed by atoms with E-state index in [1.54, 1.807) is 9.80 Å². The zero-order valence-electron chi connectivity index (χ0n) is 42.2. The predicted octanol–water partition coefficient (Wildman–Crippen LogP) is 3.10. The Morgan fingerprint density at radius 1 is 0.513 bits per heavy atom. The monoisotopic (exact) mass is 1140 g/mol. The van der Waals surface area contributed by atoms with Crippen molar-refractivity contribution in [3.8, 4) is 0 Å². The number of nitrogens with one attached hydrogen (secondary N) is 2. The molecule has 28 heteroatoms. The molecular formula is C48H62N6O18S4. The van der Waals surface area contributed by atoms with E-state index in [9.17, 15) is 52.4 Å². The number of methoxy groups -OCH3 is 4. The van der Waals surface area contributed by atoms with Crippen molar-refractivity contribution < 1.29 is 80.8 Å². The first-order valence-electron chi connectivity index (χ1n) is 23.6. The Bertz CT molecular complexity index is 2960. The van der Waals surface area contributed by atoms with Crippen molar-refractivity contribution in [3.05, 3.63) is 95.1 Å². The Kier molecular flexibility index (Phi) is 21.0. The van der Waals surface area contributed by atoms with E-state index in [-0.39, 0.29) is 160 Å². The smallest absolute Gasteiger partial charge is 0.295 e. The maximum atomic E-state index is 14.1. The highest BCUT2D eigenvalue weighted by atomic mass is 32.2. The van der Waals surface area contributed by atoms with E-state index in [1.807, 2.05) is 0 Å². The van der Waals surface area contributed by atoms with Gasteiger partial charge in [0.1, 0.15) is 19.6 Å². The molecule has 0 spiro atoms. The topological polar surface area (TPSA) is 304 Å². The summed E-state index contributed by atoms with van der Waals surface area (Å²) in [4.78, 5) is 29.3. The summed E-state index contributed by atoms with van der Waals surface area (Å²) in [6.07, 6.45) is 2.25. The summed E-state index contributed by atoms with van der Waals surface area (Å²) in [5, 5.41) is 5.08. The average molecular weight is 1140 g/mol. The molecule has 4 aromatic rings. The van der Waals surface area contributed by atoms with Crippen LogP contribution in [-0.2, 0) is 68.7 Å². The SMILES string of the molecule is COCCN(CCOC)c1ccc(C(=O)Nc2ccc(C=Cc3ccc(NC(=O)c4ccc(N(CCOC)CCOC)c(S(=O)(=O)N5CCOCC5)c4)cc3S(=O)(=O)O)c(S(=O)(=O)O)c2)cc1S(=O)(=O)N1CCOCC1. The third-order valence-electron chi connectivity index (χ3n) is 12.1. The van der Waals surface area contributed by atoms with Gasteiger partial charge in [0.05, 0.1) is 64.2 Å². The minimum Gasteiger partial charge on any atom is -0.383 e. The van der Waals surface area contributed by atoms with Crippen molar-refractivity contribution in [2.45, 2.75) is 19.6 Å². The van der Waals surface area contributed by atoms with Crippen molar-refractivity contribution in [3.63, 3.8) is 0 Å². The van der Waals surface area contributed by atoms with Gasteiger partial charge in [-0.3, -0.25) is 18.7 Å². The molecule has 76 heavy (non-hydrogen) atoms. The zero-order valence-corrected chi connectivity index (χ0v) is 45.5. The molecule has 0 aliphatic carbocycles. The molecule has 2 heterocycles. The van der Waals surface area contributed by atoms with Crippen molar-refractivity contribution >= 4 is 87.0 Å². The molecule has 4 N–H and O–H groups in total. The normalized spacial score (nSPS) is 15.2. The van der Waals surface area contributed by atoms with Crippen LogP contribution in [0.2, 0.25) is 0 Å². The molecule has 2 fully saturated rings. The third kappa shape index (κ3) is 15.2. The summed E-state index contributed by atoms with van der Waals surface area (Å²) in [7, 11) is -12.5. The number of carbonyl (C=O) groups excluding carboxylic acids is 2. The fourth-order valence-electron chi connectivity index (χ4n) is 8.14. The van der Waals surface area contributed by atoms with Crippen LogP contribution in [0, 0.1) is 0 Å². The molecule has 0 atom stereocenters. The second kappa shape index (κ2) is 26.7. The van der Waals surface area contributed by atoms with Crippen LogP contribution in [0.1, 0.15) is 31.8 Å². The Balaban J connectivity index is 1.28. The van der Waals surface area contributed by atoms with Crippen molar-refractivity contribution in [2.75, 3.05) is 154 Å². The Morgan fingerprint density at radius 3 is 1.14 bits per heavy atom. The van der Waals surface area contributed by atoms with Crippen molar-refractivity contribution in [1.82, 2.24) is 8.61 Å². The van der Waals surface area contributed by atoms with Crippen LogP contribution in [0.15, 0.2) is 92.4 Å². The van der Waals surface area contributed by atoms with Crippen molar-refractivity contribution in [2.24, 2.45) is 0 Å². The van der Waals surface area contributed by atoms with E-state index in [0.29, 0.717) is 0 Å². The summed E-state index contributed by atoms with van der Waals surface area (Å²) in [6, 6.07) is 15.0. The van der Waals surface area contributed by atoms with E-state index in [2.05, 4.69) is 10.6 Å². The first kappa shape index (κ1) is 59.8. The second-order valence-electron chi connectivity index (χ2n) is 17.0. The molecule has 0 bridgehead atoms. The van der Waals surface area contributed by atoms with Gasteiger partial charge in [0.2, 0.25) is 20.0 Å². The van der Waals surface area contributed by atoms with Gasteiger partial charge in [0.25, 0.3) is 32.1 Å². The van der Waals surface area contributed by atoms with Crippen LogP contribution in [0.25, 0.3) is 12.2 Å². The molecule has 2 aliphatic rings. The van der Waals surface area contributed by atoms with E-state index >= 15 is 0 Å². The number of hydrogen-bond donors (Lipinski definition) is 4. The van der Waals surface area contributed by atoms with E-state index in [4.69, 9.17) is 28.4 Å². The van der Waals surface area contributed by atoms with Crippen LogP contribution in [0.4, 0.5) is 22.7 Å². The van der Waals surface area contributed by atoms with E-state index in [1.165, 1.54) is 97.7 Å². The van der Waals surface area contributed by atoms with Gasteiger partial charge in [-0.15, -0.1) is 0 Å². The first-order valence-corrected chi connectivity index (χ1v) is 29.3. The standard InChI is InChI=1S/C48H62N6O18S4/c1-67-23-15-51(16-24-68-2)41-13-9-37(31-45(41)73(57,58)53-19-27-71-28-20-53)47(55)49-39-11-7-35(43(33-39)75(61,62)63)5-6-36-8-12-40(34-44(36)76(64,65)66)50-48(56)38-10-14-42(52(17-25-69-3)18-26-70-4)46(32-38)74(59,60)54-21-29-72-30-22-54/h5-14,31-34H,15-30H2,1-4H3,(H,49,55)(H,50,56)(H,61,62,63)(H,64,65,66). The van der Waals surface area contributed by atoms with Crippen molar-refractivity contribution in [1.29, 1.82) is 0 Å². The number of amides is 2. The third-order valence-corrected chi connectivity index (χ3v) is 17.8. The molecule has 416 valence electrons. The fraction of sp³-hybridized carbons (Fsp3) is 0.417. The molecule has 0 saturated carbocycles. The molecule has 2 aliphatic heterocycles. The average Bonchev–Trinajstić information content (AvgIpc) is 3.40. The number of rotatable bonds is 26. The van der Waals surface area contributed by atoms with Gasteiger partial charge in [0.15, 0.2) is 0 Å². The molecule has 0 aromatic heterocycles. The summed E-state index contributed by atoms with van der Waals surface area (Å²) in [5.41, 5.74) is -0.294. The zero-order chi connectivity index (χ0) is 55.3. The van der Waals surface area contributed by atoms with Gasteiger partial charge < -0.3 is 48.9 Å². The Labute approximate surface area is 443 Å². The molecule has 6 rings (SSSR count). The van der Waals surface area contributed by atoms with Gasteiger partial charge >= 0.3 is 0 Å². The maximum absolute atomic E-state index is 14.1. The number of sulfonamides is 2. The van der Waals surface area contributed by atoms with Crippen LogP contribution >= 0.6 is 0 Å². The second-order valence-corrected chi connectivity index (χ2v) is 23.6. The predicted molar refractivity (Wildman–Crippen MR) is 281 cm³/mol. The molecule has 2 saturated heterocycles. The summed E-state index contributed by atoms with van der Waals surface area (Å²) >= 11 is 0. The minimum absolute atomic E-state index is 0.0743. The van der Waals surface area contributed by atoms with Crippen LogP contribution < -0.4 is 20.4 Å². The summed E-state index contributed by atoms with van der Waals surface area (Å²) in [6.45, 7) is 3.09. The van der Waals surface area contributed by atoms with E-state index in [0.717, 1.165) is 24.3 Å². The van der Waals surface area contributed by atoms with Crippen LogP contribution in [0.5, 0.6) is 0 Å². The molecule has 0 radical (unpaired) electrons. The number of nitrogens with zero attached hydrogens (tertiary/aromatic N) is 4. The summed E-state index contributed by atoms with van der Waals surface area (Å²) < 4.78 is 163. The number of carbonyl (C=O) groups is 2. The molecule has 0 unspecified atom stereocenters. The lowest BCUT2D eigenvalue weighted by atomic mass is 10.1. The molecule has 4 aromatic carbocycles. The highest BCUT2D eigenvalue weighted by Crippen LogP contribution is 2.33. The van der Waals surface area contributed by atoms with Gasteiger partial charge in [0, 0.05) is 103 Å². The first-order chi connectivity index (χ1) is 36.1. The molecule has 2 amide bonds. The highest BCUT2D eigenvalue weighted by molar-refractivity contribution is 7.89.